The standard InChI is InChI=1S/C16H15BrFNO/c17-15-10(4-3-7-13(15)18)8-16(20)9-14(19)11-5-1-2-6-12(11)16/h1-7,14,20H,8-9,19H2. The molecule has 0 spiro atoms. The van der Waals surface area contributed by atoms with E-state index in [-0.39, 0.29) is 11.9 Å². The number of hydrogen-bond donors (Lipinski definition) is 2. The van der Waals surface area contributed by atoms with Crippen LogP contribution >= 0.6 is 15.9 Å². The van der Waals surface area contributed by atoms with Gasteiger partial charge in [-0.2, -0.15) is 0 Å². The van der Waals surface area contributed by atoms with Crippen molar-refractivity contribution in [2.45, 2.75) is 24.5 Å². The summed E-state index contributed by atoms with van der Waals surface area (Å²) >= 11 is 3.25. The van der Waals surface area contributed by atoms with E-state index in [0.717, 1.165) is 16.7 Å². The maximum atomic E-state index is 13.6. The Morgan fingerprint density at radius 3 is 2.80 bits per heavy atom. The molecule has 0 heterocycles. The third kappa shape index (κ3) is 2.18. The highest BCUT2D eigenvalue weighted by Gasteiger charge is 2.41. The fraction of sp³-hybridized carbons (Fsp3) is 0.250. The van der Waals surface area contributed by atoms with Crippen molar-refractivity contribution in [1.82, 2.24) is 0 Å². The van der Waals surface area contributed by atoms with Gasteiger partial charge in [0.25, 0.3) is 0 Å². The summed E-state index contributed by atoms with van der Waals surface area (Å²) in [7, 11) is 0. The summed E-state index contributed by atoms with van der Waals surface area (Å²) < 4.78 is 14.0. The fourth-order valence-corrected chi connectivity index (χ4v) is 3.40. The molecule has 0 aromatic heterocycles. The second-order valence-electron chi connectivity index (χ2n) is 5.32. The third-order valence-corrected chi connectivity index (χ3v) is 4.82. The summed E-state index contributed by atoms with van der Waals surface area (Å²) in [6, 6.07) is 12.3. The lowest BCUT2D eigenvalue weighted by Gasteiger charge is -2.25. The van der Waals surface area contributed by atoms with Gasteiger partial charge in [0.2, 0.25) is 0 Å². The van der Waals surface area contributed by atoms with Gasteiger partial charge >= 0.3 is 0 Å². The van der Waals surface area contributed by atoms with Gasteiger partial charge in [0, 0.05) is 12.5 Å². The van der Waals surface area contributed by atoms with Gasteiger partial charge in [-0.3, -0.25) is 0 Å². The minimum Gasteiger partial charge on any atom is -0.385 e. The molecule has 0 saturated carbocycles. The molecule has 0 saturated heterocycles. The molecule has 20 heavy (non-hydrogen) atoms. The van der Waals surface area contributed by atoms with Crippen molar-refractivity contribution in [2.75, 3.05) is 0 Å². The summed E-state index contributed by atoms with van der Waals surface area (Å²) in [5, 5.41) is 11.0. The monoisotopic (exact) mass is 335 g/mol. The summed E-state index contributed by atoms with van der Waals surface area (Å²) in [5.74, 6) is -0.318. The Bertz CT molecular complexity index is 661. The lowest BCUT2D eigenvalue weighted by atomic mass is 9.88. The van der Waals surface area contributed by atoms with Crippen molar-refractivity contribution >= 4 is 15.9 Å². The van der Waals surface area contributed by atoms with Gasteiger partial charge in [-0.05, 0) is 45.1 Å². The molecule has 2 unspecified atom stereocenters. The molecule has 0 radical (unpaired) electrons. The predicted molar refractivity (Wildman–Crippen MR) is 79.7 cm³/mol. The van der Waals surface area contributed by atoms with E-state index in [9.17, 15) is 9.50 Å². The molecule has 3 N–H and O–H groups in total. The highest BCUT2D eigenvalue weighted by atomic mass is 79.9. The van der Waals surface area contributed by atoms with E-state index in [2.05, 4.69) is 15.9 Å². The number of fused-ring (bicyclic) bond motifs is 1. The largest absolute Gasteiger partial charge is 0.385 e. The first-order valence-corrected chi connectivity index (χ1v) is 7.31. The van der Waals surface area contributed by atoms with Gasteiger partial charge in [0.05, 0.1) is 10.1 Å². The van der Waals surface area contributed by atoms with Crippen molar-refractivity contribution in [3.63, 3.8) is 0 Å². The number of halogens is 2. The summed E-state index contributed by atoms with van der Waals surface area (Å²) in [4.78, 5) is 0. The minimum atomic E-state index is -1.04. The number of rotatable bonds is 2. The zero-order chi connectivity index (χ0) is 14.3. The number of nitrogens with two attached hydrogens (primary N) is 1. The van der Waals surface area contributed by atoms with Crippen LogP contribution in [0.1, 0.15) is 29.2 Å². The van der Waals surface area contributed by atoms with E-state index < -0.39 is 5.60 Å². The van der Waals surface area contributed by atoms with Gasteiger partial charge < -0.3 is 10.8 Å². The fourth-order valence-electron chi connectivity index (χ4n) is 3.00. The summed E-state index contributed by atoms with van der Waals surface area (Å²) in [6.07, 6.45) is 0.797. The first kappa shape index (κ1) is 13.7. The number of aliphatic hydroxyl groups is 1. The van der Waals surface area contributed by atoms with Gasteiger partial charge in [-0.25, -0.2) is 4.39 Å². The van der Waals surface area contributed by atoms with E-state index in [1.807, 2.05) is 30.3 Å². The van der Waals surface area contributed by atoms with E-state index in [4.69, 9.17) is 5.73 Å². The average Bonchev–Trinajstić information content (AvgIpc) is 2.68. The van der Waals surface area contributed by atoms with E-state index in [0.29, 0.717) is 17.3 Å². The molecule has 2 aromatic carbocycles. The topological polar surface area (TPSA) is 46.2 Å². The van der Waals surface area contributed by atoms with E-state index >= 15 is 0 Å². The molecule has 0 amide bonds. The second-order valence-corrected chi connectivity index (χ2v) is 6.11. The Hall–Kier alpha value is -1.23. The normalized spacial score (nSPS) is 24.7. The second kappa shape index (κ2) is 4.95. The van der Waals surface area contributed by atoms with E-state index in [1.165, 1.54) is 6.07 Å². The quantitative estimate of drug-likeness (QED) is 0.883. The molecule has 3 rings (SSSR count). The van der Waals surface area contributed by atoms with Crippen LogP contribution in [0.25, 0.3) is 0 Å². The lowest BCUT2D eigenvalue weighted by molar-refractivity contribution is 0.0340. The molecule has 1 aliphatic rings. The van der Waals surface area contributed by atoms with Crippen LogP contribution in [0.2, 0.25) is 0 Å². The molecule has 2 nitrogen and oxygen atoms in total. The molecule has 104 valence electrons. The van der Waals surface area contributed by atoms with Crippen molar-refractivity contribution in [1.29, 1.82) is 0 Å². The lowest BCUT2D eigenvalue weighted by Crippen LogP contribution is -2.26. The van der Waals surface area contributed by atoms with Crippen molar-refractivity contribution in [2.24, 2.45) is 5.73 Å². The number of hydrogen-bond acceptors (Lipinski definition) is 2. The van der Waals surface area contributed by atoms with E-state index in [1.54, 1.807) is 6.07 Å². The zero-order valence-corrected chi connectivity index (χ0v) is 12.4. The molecule has 0 bridgehead atoms. The van der Waals surface area contributed by atoms with Gasteiger partial charge in [-0.15, -0.1) is 0 Å². The van der Waals surface area contributed by atoms with Crippen LogP contribution in [0.5, 0.6) is 0 Å². The molecular formula is C16H15BrFNO. The maximum absolute atomic E-state index is 13.6. The van der Waals surface area contributed by atoms with Crippen LogP contribution in [-0.2, 0) is 12.0 Å². The van der Waals surface area contributed by atoms with Crippen LogP contribution in [0, 0.1) is 5.82 Å². The smallest absolute Gasteiger partial charge is 0.137 e. The Morgan fingerprint density at radius 1 is 1.25 bits per heavy atom. The van der Waals surface area contributed by atoms with Gasteiger partial charge in [-0.1, -0.05) is 36.4 Å². The zero-order valence-electron chi connectivity index (χ0n) is 10.8. The Kier molecular flexibility index (Phi) is 3.40. The van der Waals surface area contributed by atoms with Crippen LogP contribution in [0.4, 0.5) is 4.39 Å². The first-order valence-electron chi connectivity index (χ1n) is 6.51. The first-order chi connectivity index (χ1) is 9.51. The predicted octanol–water partition coefficient (Wildman–Crippen LogP) is 3.42. The molecule has 4 heteroatoms. The minimum absolute atomic E-state index is 0.177. The van der Waals surface area contributed by atoms with Gasteiger partial charge in [0.15, 0.2) is 0 Å². The molecule has 2 atom stereocenters. The number of benzene rings is 2. The molecular weight excluding hydrogens is 321 g/mol. The molecule has 0 aliphatic heterocycles. The Balaban J connectivity index is 2.01. The highest BCUT2D eigenvalue weighted by molar-refractivity contribution is 9.10. The van der Waals surface area contributed by atoms with Crippen LogP contribution < -0.4 is 5.73 Å². The third-order valence-electron chi connectivity index (χ3n) is 3.93. The maximum Gasteiger partial charge on any atom is 0.137 e. The van der Waals surface area contributed by atoms with Gasteiger partial charge in [0.1, 0.15) is 5.82 Å². The molecule has 2 aromatic rings. The molecule has 1 aliphatic carbocycles. The van der Waals surface area contributed by atoms with Crippen molar-refractivity contribution in [3.05, 3.63) is 69.4 Å². The van der Waals surface area contributed by atoms with Crippen LogP contribution in [-0.4, -0.2) is 5.11 Å². The van der Waals surface area contributed by atoms with Crippen LogP contribution in [0.3, 0.4) is 0 Å². The highest BCUT2D eigenvalue weighted by Crippen LogP contribution is 2.44. The SMILES string of the molecule is NC1CC(O)(Cc2cccc(F)c2Br)c2ccccc21. The molecule has 0 fully saturated rings. The Morgan fingerprint density at radius 2 is 2.00 bits per heavy atom. The summed E-state index contributed by atoms with van der Waals surface area (Å²) in [6.45, 7) is 0. The van der Waals surface area contributed by atoms with Crippen molar-refractivity contribution in [3.8, 4) is 0 Å². The average molecular weight is 336 g/mol. The Labute approximate surface area is 125 Å². The van der Waals surface area contributed by atoms with Crippen molar-refractivity contribution < 1.29 is 9.50 Å². The van der Waals surface area contributed by atoms with Crippen LogP contribution in [0.15, 0.2) is 46.9 Å². The summed E-state index contributed by atoms with van der Waals surface area (Å²) in [5.41, 5.74) is 7.63.